The number of hydrogen-bond donors (Lipinski definition) is 2. The highest BCUT2D eigenvalue weighted by molar-refractivity contribution is 5.93. The van der Waals surface area contributed by atoms with Gasteiger partial charge in [-0.2, -0.15) is 0 Å². The molecule has 2 N–H and O–H groups in total. The highest BCUT2D eigenvalue weighted by atomic mass is 16.1. The Hall–Kier alpha value is -2.67. The van der Waals surface area contributed by atoms with Gasteiger partial charge in [-0.1, -0.05) is 12.8 Å². The predicted octanol–water partition coefficient (Wildman–Crippen LogP) is 2.95. The number of piperazine rings is 1. The van der Waals surface area contributed by atoms with Crippen molar-refractivity contribution < 1.29 is 4.79 Å². The zero-order valence-electron chi connectivity index (χ0n) is 17.3. The molecule has 2 aliphatic rings. The van der Waals surface area contributed by atoms with Crippen LogP contribution in [0, 0.1) is 6.92 Å². The molecule has 29 heavy (non-hydrogen) atoms. The number of anilines is 3. The van der Waals surface area contributed by atoms with Gasteiger partial charge in [0, 0.05) is 49.7 Å². The highest BCUT2D eigenvalue weighted by Gasteiger charge is 2.19. The van der Waals surface area contributed by atoms with Crippen LogP contribution in [0.5, 0.6) is 0 Å². The smallest absolute Gasteiger partial charge is 0.270 e. The zero-order valence-corrected chi connectivity index (χ0v) is 17.3. The summed E-state index contributed by atoms with van der Waals surface area (Å²) in [6, 6.07) is 10.4. The van der Waals surface area contributed by atoms with Crippen LogP contribution >= 0.6 is 0 Å². The van der Waals surface area contributed by atoms with Crippen LogP contribution in [0.4, 0.5) is 17.2 Å². The van der Waals surface area contributed by atoms with Crippen molar-refractivity contribution in [2.45, 2.75) is 38.6 Å². The van der Waals surface area contributed by atoms with Gasteiger partial charge < -0.3 is 20.4 Å². The van der Waals surface area contributed by atoms with Crippen LogP contribution < -0.4 is 15.5 Å². The quantitative estimate of drug-likeness (QED) is 0.812. The van der Waals surface area contributed by atoms with Gasteiger partial charge in [-0.25, -0.2) is 9.97 Å². The van der Waals surface area contributed by atoms with Crippen molar-refractivity contribution in [3.05, 3.63) is 41.9 Å². The van der Waals surface area contributed by atoms with Crippen LogP contribution in [0.15, 0.2) is 30.3 Å². The summed E-state index contributed by atoms with van der Waals surface area (Å²) in [5, 5.41) is 6.41. The molecule has 0 atom stereocenters. The van der Waals surface area contributed by atoms with Gasteiger partial charge in [0.05, 0.1) is 0 Å². The monoisotopic (exact) mass is 394 g/mol. The maximum Gasteiger partial charge on any atom is 0.270 e. The first-order valence-corrected chi connectivity index (χ1v) is 10.5. The number of rotatable bonds is 5. The van der Waals surface area contributed by atoms with Crippen LogP contribution in [0.3, 0.4) is 0 Å². The first kappa shape index (κ1) is 19.6. The Morgan fingerprint density at radius 1 is 1.03 bits per heavy atom. The number of aromatic nitrogens is 2. The lowest BCUT2D eigenvalue weighted by Gasteiger charge is -2.34. The van der Waals surface area contributed by atoms with Crippen molar-refractivity contribution in [2.24, 2.45) is 0 Å². The fourth-order valence-corrected chi connectivity index (χ4v) is 4.05. The average molecular weight is 395 g/mol. The molecule has 2 aromatic rings. The fourth-order valence-electron chi connectivity index (χ4n) is 4.05. The molecule has 1 amide bonds. The molecule has 154 valence electrons. The summed E-state index contributed by atoms with van der Waals surface area (Å²) in [5.41, 5.74) is 2.60. The molecule has 2 fully saturated rings. The SMILES string of the molecule is Cc1nc(Nc2ccc(N3CCN(C)CC3)cc2)cc(C(=O)NC2CCCC2)n1. The normalized spacial score (nSPS) is 18.1. The second-order valence-electron chi connectivity index (χ2n) is 8.10. The standard InChI is InChI=1S/C22H30N6O/c1-16-23-20(22(29)26-17-5-3-4-6-17)15-21(24-16)25-18-7-9-19(10-8-18)28-13-11-27(2)12-14-28/h7-10,15,17H,3-6,11-14H2,1-2H3,(H,26,29)(H,23,24,25). The molecule has 7 nitrogen and oxygen atoms in total. The van der Waals surface area contributed by atoms with Crippen molar-refractivity contribution in [3.8, 4) is 0 Å². The minimum Gasteiger partial charge on any atom is -0.369 e. The van der Waals surface area contributed by atoms with E-state index in [0.29, 0.717) is 17.3 Å². The number of aryl methyl sites for hydroxylation is 1. The van der Waals surface area contributed by atoms with E-state index in [-0.39, 0.29) is 11.9 Å². The lowest BCUT2D eigenvalue weighted by atomic mass is 10.2. The Bertz CT molecular complexity index is 839. The maximum atomic E-state index is 12.6. The summed E-state index contributed by atoms with van der Waals surface area (Å²) < 4.78 is 0. The van der Waals surface area contributed by atoms with Crippen LogP contribution in [-0.2, 0) is 0 Å². The van der Waals surface area contributed by atoms with Crippen LogP contribution in [0.2, 0.25) is 0 Å². The van der Waals surface area contributed by atoms with Crippen molar-refractivity contribution in [3.63, 3.8) is 0 Å². The molecule has 7 heteroatoms. The van der Waals surface area contributed by atoms with E-state index in [0.717, 1.165) is 44.7 Å². The predicted molar refractivity (Wildman–Crippen MR) is 116 cm³/mol. The van der Waals surface area contributed by atoms with Gasteiger partial charge in [-0.15, -0.1) is 0 Å². The Morgan fingerprint density at radius 2 is 1.72 bits per heavy atom. The summed E-state index contributed by atoms with van der Waals surface area (Å²) in [5.74, 6) is 1.11. The van der Waals surface area contributed by atoms with E-state index in [4.69, 9.17) is 0 Å². The number of hydrogen-bond acceptors (Lipinski definition) is 6. The number of benzene rings is 1. The summed E-state index contributed by atoms with van der Waals surface area (Å²) in [6.07, 6.45) is 4.48. The number of nitrogens with one attached hydrogen (secondary N) is 2. The Morgan fingerprint density at radius 3 is 2.41 bits per heavy atom. The molecule has 1 saturated heterocycles. The van der Waals surface area contributed by atoms with E-state index in [2.05, 4.69) is 61.7 Å². The van der Waals surface area contributed by atoms with E-state index in [1.165, 1.54) is 18.5 Å². The fraction of sp³-hybridized carbons (Fsp3) is 0.500. The van der Waals surface area contributed by atoms with Crippen LogP contribution in [-0.4, -0.2) is 60.0 Å². The Kier molecular flexibility index (Phi) is 5.94. The van der Waals surface area contributed by atoms with E-state index >= 15 is 0 Å². The maximum absolute atomic E-state index is 12.6. The van der Waals surface area contributed by atoms with E-state index in [1.807, 2.05) is 6.92 Å². The van der Waals surface area contributed by atoms with Crippen LogP contribution in [0.25, 0.3) is 0 Å². The third-order valence-electron chi connectivity index (χ3n) is 5.77. The molecule has 1 saturated carbocycles. The summed E-state index contributed by atoms with van der Waals surface area (Å²) in [7, 11) is 2.16. The minimum atomic E-state index is -0.115. The molecule has 1 aromatic heterocycles. The summed E-state index contributed by atoms with van der Waals surface area (Å²) in [6.45, 7) is 6.09. The van der Waals surface area contributed by atoms with Crippen molar-refractivity contribution in [2.75, 3.05) is 43.4 Å². The van der Waals surface area contributed by atoms with Gasteiger partial charge in [0.15, 0.2) is 0 Å². The largest absolute Gasteiger partial charge is 0.369 e. The first-order chi connectivity index (χ1) is 14.1. The van der Waals surface area contributed by atoms with Gasteiger partial charge in [-0.05, 0) is 51.1 Å². The molecule has 1 aromatic carbocycles. The molecule has 2 heterocycles. The van der Waals surface area contributed by atoms with Crippen molar-refractivity contribution in [1.82, 2.24) is 20.2 Å². The molecule has 1 aliphatic carbocycles. The molecular formula is C22H30N6O. The zero-order chi connectivity index (χ0) is 20.2. The summed E-state index contributed by atoms with van der Waals surface area (Å²) in [4.78, 5) is 26.1. The Balaban J connectivity index is 1.42. The second-order valence-corrected chi connectivity index (χ2v) is 8.10. The second kappa shape index (κ2) is 8.78. The lowest BCUT2D eigenvalue weighted by Crippen LogP contribution is -2.44. The molecule has 0 spiro atoms. The van der Waals surface area contributed by atoms with E-state index < -0.39 is 0 Å². The molecule has 0 bridgehead atoms. The molecular weight excluding hydrogens is 364 g/mol. The third kappa shape index (κ3) is 5.03. The topological polar surface area (TPSA) is 73.4 Å². The highest BCUT2D eigenvalue weighted by Crippen LogP contribution is 2.22. The lowest BCUT2D eigenvalue weighted by molar-refractivity contribution is 0.0932. The molecule has 1 aliphatic heterocycles. The number of carbonyl (C=O) groups is 1. The van der Waals surface area contributed by atoms with E-state index in [1.54, 1.807) is 6.07 Å². The Labute approximate surface area is 172 Å². The third-order valence-corrected chi connectivity index (χ3v) is 5.77. The van der Waals surface area contributed by atoms with Crippen molar-refractivity contribution >= 4 is 23.1 Å². The number of carbonyl (C=O) groups excluding carboxylic acids is 1. The minimum absolute atomic E-state index is 0.115. The van der Waals surface area contributed by atoms with Crippen LogP contribution in [0.1, 0.15) is 42.0 Å². The number of nitrogens with zero attached hydrogens (tertiary/aromatic N) is 4. The average Bonchev–Trinajstić information content (AvgIpc) is 3.22. The van der Waals surface area contributed by atoms with Gasteiger partial charge in [0.25, 0.3) is 5.91 Å². The van der Waals surface area contributed by atoms with E-state index in [9.17, 15) is 4.79 Å². The number of amides is 1. The molecule has 0 radical (unpaired) electrons. The molecule has 0 unspecified atom stereocenters. The van der Waals surface area contributed by atoms with Crippen molar-refractivity contribution in [1.29, 1.82) is 0 Å². The molecule has 4 rings (SSSR count). The van der Waals surface area contributed by atoms with Gasteiger partial charge in [0.1, 0.15) is 17.3 Å². The number of likely N-dealkylation sites (N-methyl/N-ethyl adjacent to an activating group) is 1. The van der Waals surface area contributed by atoms with Gasteiger partial charge >= 0.3 is 0 Å². The summed E-state index contributed by atoms with van der Waals surface area (Å²) >= 11 is 0. The van der Waals surface area contributed by atoms with Gasteiger partial charge in [0.2, 0.25) is 0 Å². The van der Waals surface area contributed by atoms with Gasteiger partial charge in [-0.3, -0.25) is 4.79 Å². The first-order valence-electron chi connectivity index (χ1n) is 10.5.